The minimum absolute atomic E-state index is 0. The first-order chi connectivity index (χ1) is 12.6. The molecule has 1 aromatic carbocycles. The molecule has 2 rings (SSSR count). The Balaban J connectivity index is 0.00000364. The van der Waals surface area contributed by atoms with Gasteiger partial charge in [0, 0.05) is 31.8 Å². The summed E-state index contributed by atoms with van der Waals surface area (Å²) in [5, 5.41) is 7.61. The molecule has 0 aromatic heterocycles. The van der Waals surface area contributed by atoms with Gasteiger partial charge in [-0.3, -0.25) is 4.99 Å². The summed E-state index contributed by atoms with van der Waals surface area (Å²) in [6.45, 7) is 10.0. The van der Waals surface area contributed by atoms with Gasteiger partial charge in [0.05, 0.1) is 12.6 Å². The van der Waals surface area contributed by atoms with Gasteiger partial charge in [0.2, 0.25) is 0 Å². The fourth-order valence-corrected chi connectivity index (χ4v) is 3.56. The van der Waals surface area contributed by atoms with Crippen LogP contribution in [0.1, 0.15) is 38.3 Å². The zero-order valence-corrected chi connectivity index (χ0v) is 19.8. The molecule has 7 heteroatoms. The molecule has 1 fully saturated rings. The predicted molar refractivity (Wildman–Crippen MR) is 125 cm³/mol. The molecule has 0 aliphatic carbocycles. The van der Waals surface area contributed by atoms with Crippen molar-refractivity contribution >= 4 is 41.5 Å². The van der Waals surface area contributed by atoms with E-state index in [1.165, 1.54) is 12.8 Å². The molecule has 27 heavy (non-hydrogen) atoms. The number of methoxy groups -OCH3 is 1. The number of nitrogens with one attached hydrogen (secondary N) is 2. The summed E-state index contributed by atoms with van der Waals surface area (Å²) in [5.41, 5.74) is 1.09. The van der Waals surface area contributed by atoms with Crippen molar-refractivity contribution in [1.29, 1.82) is 0 Å². The van der Waals surface area contributed by atoms with Crippen LogP contribution >= 0.6 is 35.6 Å². The fourth-order valence-electron chi connectivity index (χ4n) is 3.26. The van der Waals surface area contributed by atoms with Crippen LogP contribution in [0.3, 0.4) is 0 Å². The molecule has 1 saturated heterocycles. The zero-order chi connectivity index (χ0) is 18.8. The molecule has 0 amide bonds. The fraction of sp³-hybridized carbons (Fsp3) is 0.650. The first-order valence-corrected chi connectivity index (χ1v) is 10.0. The van der Waals surface area contributed by atoms with Crippen LogP contribution in [0, 0.1) is 5.92 Å². The number of rotatable bonds is 8. The van der Waals surface area contributed by atoms with E-state index in [0.29, 0.717) is 5.92 Å². The monoisotopic (exact) mass is 508 g/mol. The lowest BCUT2D eigenvalue weighted by Crippen LogP contribution is -2.40. The second-order valence-corrected chi connectivity index (χ2v) is 7.29. The smallest absolute Gasteiger partial charge is 0.191 e. The van der Waals surface area contributed by atoms with E-state index in [2.05, 4.69) is 35.4 Å². The average molecular weight is 509 g/mol. The standard InChI is InChI=1S/C20H33ClN4O.HI/c1-4-22-20(24-16(2)18-7-5-6-8-19(18)21)23-15-17-9-11-25(12-10-17)13-14-26-3;/h5-8,16-17H,4,9-15H2,1-3H3,(H2,22,23,24);1H. The highest BCUT2D eigenvalue weighted by molar-refractivity contribution is 14.0. The van der Waals surface area contributed by atoms with Crippen LogP contribution in [0.4, 0.5) is 0 Å². The van der Waals surface area contributed by atoms with E-state index < -0.39 is 0 Å². The van der Waals surface area contributed by atoms with E-state index in [1.807, 2.05) is 18.2 Å². The minimum atomic E-state index is 0. The number of hydrogen-bond acceptors (Lipinski definition) is 3. The second kappa shape index (κ2) is 13.6. The Kier molecular flexibility index (Phi) is 12.3. The van der Waals surface area contributed by atoms with Gasteiger partial charge >= 0.3 is 0 Å². The van der Waals surface area contributed by atoms with Crippen LogP contribution in [0.15, 0.2) is 29.3 Å². The number of likely N-dealkylation sites (tertiary alicyclic amines) is 1. The average Bonchev–Trinajstić information content (AvgIpc) is 2.65. The van der Waals surface area contributed by atoms with E-state index in [1.54, 1.807) is 7.11 Å². The molecule has 1 heterocycles. The predicted octanol–water partition coefficient (Wildman–Crippen LogP) is 3.93. The summed E-state index contributed by atoms with van der Waals surface area (Å²) < 4.78 is 5.17. The highest BCUT2D eigenvalue weighted by Gasteiger charge is 2.19. The summed E-state index contributed by atoms with van der Waals surface area (Å²) in [7, 11) is 1.76. The molecule has 0 bridgehead atoms. The SMILES string of the molecule is CCNC(=NCC1CCN(CCOC)CC1)NC(C)c1ccccc1Cl.I. The quantitative estimate of drug-likeness (QED) is 0.317. The lowest BCUT2D eigenvalue weighted by atomic mass is 9.97. The molecule has 154 valence electrons. The molecule has 0 radical (unpaired) electrons. The van der Waals surface area contributed by atoms with Crippen molar-refractivity contribution in [2.75, 3.05) is 46.4 Å². The lowest BCUT2D eigenvalue weighted by molar-refractivity contribution is 0.121. The Morgan fingerprint density at radius 1 is 1.33 bits per heavy atom. The van der Waals surface area contributed by atoms with Crippen molar-refractivity contribution in [2.45, 2.75) is 32.7 Å². The second-order valence-electron chi connectivity index (χ2n) is 6.88. The van der Waals surface area contributed by atoms with E-state index >= 15 is 0 Å². The third kappa shape index (κ3) is 8.54. The topological polar surface area (TPSA) is 48.9 Å². The third-order valence-corrected chi connectivity index (χ3v) is 5.24. The van der Waals surface area contributed by atoms with Crippen LogP contribution in [0.5, 0.6) is 0 Å². The summed E-state index contributed by atoms with van der Waals surface area (Å²) in [6.07, 6.45) is 2.40. The van der Waals surface area contributed by atoms with Crippen LogP contribution in [0.2, 0.25) is 5.02 Å². The van der Waals surface area contributed by atoms with Crippen LogP contribution < -0.4 is 10.6 Å². The number of ether oxygens (including phenoxy) is 1. The van der Waals surface area contributed by atoms with Crippen molar-refractivity contribution < 1.29 is 4.74 Å². The summed E-state index contributed by atoms with van der Waals surface area (Å²) in [4.78, 5) is 7.31. The van der Waals surface area contributed by atoms with E-state index in [-0.39, 0.29) is 30.0 Å². The number of hydrogen-bond donors (Lipinski definition) is 2. The number of nitrogens with zero attached hydrogens (tertiary/aromatic N) is 2. The van der Waals surface area contributed by atoms with Gasteiger partial charge in [0.25, 0.3) is 0 Å². The van der Waals surface area contributed by atoms with E-state index in [9.17, 15) is 0 Å². The Morgan fingerprint density at radius 2 is 2.04 bits per heavy atom. The van der Waals surface area contributed by atoms with Crippen molar-refractivity contribution in [3.05, 3.63) is 34.9 Å². The normalized spacial score (nSPS) is 17.3. The van der Waals surface area contributed by atoms with Gasteiger partial charge in [-0.2, -0.15) is 0 Å². The molecular weight excluding hydrogens is 475 g/mol. The van der Waals surface area contributed by atoms with E-state index in [4.69, 9.17) is 21.3 Å². The molecule has 5 nitrogen and oxygen atoms in total. The van der Waals surface area contributed by atoms with Crippen molar-refractivity contribution in [3.8, 4) is 0 Å². The highest BCUT2D eigenvalue weighted by Crippen LogP contribution is 2.22. The van der Waals surface area contributed by atoms with Crippen LogP contribution in [-0.2, 0) is 4.74 Å². The van der Waals surface area contributed by atoms with Crippen LogP contribution in [0.25, 0.3) is 0 Å². The number of piperidine rings is 1. The molecule has 1 atom stereocenters. The zero-order valence-electron chi connectivity index (χ0n) is 16.7. The molecule has 1 aromatic rings. The van der Waals surface area contributed by atoms with Gasteiger partial charge < -0.3 is 20.3 Å². The largest absolute Gasteiger partial charge is 0.383 e. The maximum atomic E-state index is 6.31. The number of aliphatic imine (C=N–C) groups is 1. The Hall–Kier alpha value is -0.570. The molecule has 2 N–H and O–H groups in total. The van der Waals surface area contributed by atoms with Gasteiger partial charge in [-0.25, -0.2) is 0 Å². The maximum absolute atomic E-state index is 6.31. The van der Waals surface area contributed by atoms with Gasteiger partial charge in [-0.1, -0.05) is 29.8 Å². The van der Waals surface area contributed by atoms with Gasteiger partial charge in [-0.15, -0.1) is 24.0 Å². The van der Waals surface area contributed by atoms with Crippen LogP contribution in [-0.4, -0.2) is 57.3 Å². The molecule has 0 spiro atoms. The third-order valence-electron chi connectivity index (χ3n) is 4.90. The molecule has 1 aliphatic rings. The van der Waals surface area contributed by atoms with Crippen molar-refractivity contribution in [2.24, 2.45) is 10.9 Å². The lowest BCUT2D eigenvalue weighted by Gasteiger charge is -2.31. The van der Waals surface area contributed by atoms with Gasteiger partial charge in [0.1, 0.15) is 0 Å². The summed E-state index contributed by atoms with van der Waals surface area (Å²) >= 11 is 6.31. The Bertz CT molecular complexity index is 565. The van der Waals surface area contributed by atoms with Crippen molar-refractivity contribution in [3.63, 3.8) is 0 Å². The maximum Gasteiger partial charge on any atom is 0.191 e. The van der Waals surface area contributed by atoms with Crippen molar-refractivity contribution in [1.82, 2.24) is 15.5 Å². The molecule has 1 unspecified atom stereocenters. The Morgan fingerprint density at radius 3 is 2.67 bits per heavy atom. The summed E-state index contributed by atoms with van der Waals surface area (Å²) in [6, 6.07) is 8.06. The first-order valence-electron chi connectivity index (χ1n) is 9.64. The number of halogens is 2. The first kappa shape index (κ1) is 24.5. The van der Waals surface area contributed by atoms with Gasteiger partial charge in [-0.05, 0) is 57.3 Å². The number of guanidine groups is 1. The Labute approximate surface area is 186 Å². The highest BCUT2D eigenvalue weighted by atomic mass is 127. The van der Waals surface area contributed by atoms with Gasteiger partial charge in [0.15, 0.2) is 5.96 Å². The van der Waals surface area contributed by atoms with E-state index in [0.717, 1.165) is 55.9 Å². The molecule has 1 aliphatic heterocycles. The number of benzene rings is 1. The molecule has 0 saturated carbocycles. The molecular formula is C20H34ClIN4O. The minimum Gasteiger partial charge on any atom is -0.383 e. The summed E-state index contributed by atoms with van der Waals surface area (Å²) in [5.74, 6) is 1.52.